The minimum absolute atomic E-state index is 0. The smallest absolute Gasteiger partial charge is 0.0890 e. The van der Waals surface area contributed by atoms with E-state index in [9.17, 15) is 0 Å². The van der Waals surface area contributed by atoms with Gasteiger partial charge in [-0.1, -0.05) is 13.3 Å². The third-order valence-electron chi connectivity index (χ3n) is 1.74. The average molecular weight is 157 g/mol. The molecule has 1 rings (SSSR count). The summed E-state index contributed by atoms with van der Waals surface area (Å²) in [4.78, 5) is 4.53. The van der Waals surface area contributed by atoms with E-state index in [1.807, 2.05) is 0 Å². The van der Waals surface area contributed by atoms with Crippen molar-refractivity contribution in [2.45, 2.75) is 19.8 Å². The van der Waals surface area contributed by atoms with Crippen molar-refractivity contribution in [1.29, 1.82) is 0 Å². The zero-order chi connectivity index (χ0) is 7.40. The molecule has 0 saturated carbocycles. The van der Waals surface area contributed by atoms with Crippen LogP contribution in [-0.2, 0) is 0 Å². The Hall–Kier alpha value is -0.700. The Morgan fingerprint density at radius 1 is 1.36 bits per heavy atom. The summed E-state index contributed by atoms with van der Waals surface area (Å²) in [5.74, 6) is 0. The molecule has 3 N–H and O–H groups in total. The molecule has 0 unspecified atom stereocenters. The normalized spacial score (nSPS) is 15.5. The quantitative estimate of drug-likeness (QED) is 0.677. The van der Waals surface area contributed by atoms with Gasteiger partial charge in [0.05, 0.1) is 6.67 Å². The second kappa shape index (κ2) is 5.02. The van der Waals surface area contributed by atoms with Crippen molar-refractivity contribution in [2.24, 2.45) is 0 Å². The lowest BCUT2D eigenvalue weighted by atomic mass is 10.3. The van der Waals surface area contributed by atoms with Crippen molar-refractivity contribution in [3.8, 4) is 0 Å². The first-order valence-electron chi connectivity index (χ1n) is 3.95. The molecule has 0 aromatic carbocycles. The van der Waals surface area contributed by atoms with Crippen LogP contribution in [0.5, 0.6) is 0 Å². The van der Waals surface area contributed by atoms with Crippen molar-refractivity contribution in [3.05, 3.63) is 12.4 Å². The van der Waals surface area contributed by atoms with E-state index in [1.54, 1.807) is 0 Å². The minimum atomic E-state index is 0. The van der Waals surface area contributed by atoms with Gasteiger partial charge in [0.25, 0.3) is 0 Å². The Kier molecular flexibility index (Phi) is 4.70. The molecule has 1 aliphatic heterocycles. The molecule has 0 atom stereocenters. The predicted octanol–water partition coefficient (Wildman–Crippen LogP) is 1.62. The Labute approximate surface area is 69.3 Å². The zero-order valence-electron chi connectivity index (χ0n) is 7.58. The number of hydrogen-bond acceptors (Lipinski definition) is 3. The number of rotatable bonds is 3. The van der Waals surface area contributed by atoms with Crippen LogP contribution in [0.4, 0.5) is 0 Å². The second-order valence-electron chi connectivity index (χ2n) is 2.86. The van der Waals surface area contributed by atoms with Gasteiger partial charge in [-0.25, -0.2) is 0 Å². The van der Waals surface area contributed by atoms with Crippen molar-refractivity contribution in [3.63, 3.8) is 0 Å². The van der Waals surface area contributed by atoms with Crippen molar-refractivity contribution < 1.29 is 0 Å². The summed E-state index contributed by atoms with van der Waals surface area (Å²) >= 11 is 0. The van der Waals surface area contributed by atoms with Crippen LogP contribution in [0.2, 0.25) is 0 Å². The molecule has 3 heteroatoms. The van der Waals surface area contributed by atoms with E-state index in [-0.39, 0.29) is 6.15 Å². The summed E-state index contributed by atoms with van der Waals surface area (Å²) in [5.41, 5.74) is 0. The van der Waals surface area contributed by atoms with Crippen molar-refractivity contribution in [2.75, 3.05) is 20.3 Å². The Balaban J connectivity index is 0.000001000. The average Bonchev–Trinajstić information content (AvgIpc) is 2.31. The van der Waals surface area contributed by atoms with Crippen molar-refractivity contribution in [1.82, 2.24) is 16.0 Å². The largest absolute Gasteiger partial charge is 0.362 e. The van der Waals surface area contributed by atoms with Gasteiger partial charge in [-0.15, -0.1) is 0 Å². The van der Waals surface area contributed by atoms with E-state index >= 15 is 0 Å². The third kappa shape index (κ3) is 3.28. The van der Waals surface area contributed by atoms with Gasteiger partial charge in [0.2, 0.25) is 0 Å². The van der Waals surface area contributed by atoms with Crippen LogP contribution < -0.4 is 6.15 Å². The highest BCUT2D eigenvalue weighted by Crippen LogP contribution is 2.04. The van der Waals surface area contributed by atoms with Gasteiger partial charge in [0, 0.05) is 26.0 Å². The molecular weight excluding hydrogens is 138 g/mol. The lowest BCUT2D eigenvalue weighted by Gasteiger charge is -2.17. The van der Waals surface area contributed by atoms with E-state index in [4.69, 9.17) is 0 Å². The molecule has 0 aromatic rings. The van der Waals surface area contributed by atoms with Crippen LogP contribution in [-0.4, -0.2) is 30.1 Å². The van der Waals surface area contributed by atoms with Gasteiger partial charge < -0.3 is 16.0 Å². The van der Waals surface area contributed by atoms with Gasteiger partial charge in [-0.05, 0) is 6.42 Å². The Morgan fingerprint density at radius 2 is 2.09 bits per heavy atom. The molecule has 0 aromatic heterocycles. The lowest BCUT2D eigenvalue weighted by Crippen LogP contribution is -2.23. The number of unbranched alkanes of at least 4 members (excludes halogenated alkanes) is 1. The van der Waals surface area contributed by atoms with E-state index in [0.29, 0.717) is 0 Å². The maximum absolute atomic E-state index is 2.34. The van der Waals surface area contributed by atoms with Crippen LogP contribution in [0.3, 0.4) is 0 Å². The maximum atomic E-state index is 2.34. The van der Waals surface area contributed by atoms with Crippen LogP contribution in [0, 0.1) is 0 Å². The molecule has 66 valence electrons. The predicted molar refractivity (Wildman–Crippen MR) is 48.4 cm³/mol. The van der Waals surface area contributed by atoms with Crippen LogP contribution in [0.15, 0.2) is 12.4 Å². The fourth-order valence-corrected chi connectivity index (χ4v) is 1.10. The van der Waals surface area contributed by atoms with E-state index in [1.165, 1.54) is 19.4 Å². The Morgan fingerprint density at radius 3 is 2.55 bits per heavy atom. The summed E-state index contributed by atoms with van der Waals surface area (Å²) in [6.45, 7) is 4.50. The summed E-state index contributed by atoms with van der Waals surface area (Å²) in [6.07, 6.45) is 6.87. The Bertz CT molecular complexity index is 123. The summed E-state index contributed by atoms with van der Waals surface area (Å²) in [6, 6.07) is 0. The molecule has 1 aliphatic rings. The van der Waals surface area contributed by atoms with E-state index in [0.717, 1.165) is 6.67 Å². The zero-order valence-corrected chi connectivity index (χ0v) is 7.58. The fraction of sp³-hybridized carbons (Fsp3) is 0.750. The molecule has 3 nitrogen and oxygen atoms in total. The first-order chi connectivity index (χ1) is 4.83. The summed E-state index contributed by atoms with van der Waals surface area (Å²) in [7, 11) is 2.10. The maximum Gasteiger partial charge on any atom is 0.0890 e. The summed E-state index contributed by atoms with van der Waals surface area (Å²) < 4.78 is 0. The minimum Gasteiger partial charge on any atom is -0.362 e. The highest BCUT2D eigenvalue weighted by atomic mass is 15.3. The van der Waals surface area contributed by atoms with E-state index < -0.39 is 0 Å². The molecule has 0 radical (unpaired) electrons. The number of hydrogen-bond donors (Lipinski definition) is 1. The first-order valence-corrected chi connectivity index (χ1v) is 3.95. The topological polar surface area (TPSA) is 41.5 Å². The SMILES string of the molecule is CCCCN1C=CN(C)C1.N. The molecule has 0 fully saturated rings. The van der Waals surface area contributed by atoms with Crippen molar-refractivity contribution >= 4 is 0 Å². The molecule has 0 aliphatic carbocycles. The van der Waals surface area contributed by atoms with Gasteiger partial charge in [-0.3, -0.25) is 0 Å². The number of nitrogens with zero attached hydrogens (tertiary/aromatic N) is 2. The standard InChI is InChI=1S/C8H16N2.H3N/c1-3-4-5-10-7-6-9(2)8-10;/h6-7H,3-5,8H2,1-2H3;1H3. The molecule has 0 saturated heterocycles. The third-order valence-corrected chi connectivity index (χ3v) is 1.74. The molecule has 0 spiro atoms. The van der Waals surface area contributed by atoms with E-state index in [2.05, 4.69) is 36.2 Å². The van der Waals surface area contributed by atoms with Gasteiger partial charge >= 0.3 is 0 Å². The molecule has 11 heavy (non-hydrogen) atoms. The van der Waals surface area contributed by atoms with Crippen LogP contribution in [0.1, 0.15) is 19.8 Å². The first kappa shape index (κ1) is 10.3. The molecule has 0 amide bonds. The second-order valence-corrected chi connectivity index (χ2v) is 2.86. The molecular formula is C8H19N3. The molecule has 0 bridgehead atoms. The fourth-order valence-electron chi connectivity index (χ4n) is 1.10. The lowest BCUT2D eigenvalue weighted by molar-refractivity contribution is 0.293. The summed E-state index contributed by atoms with van der Waals surface area (Å²) in [5, 5.41) is 0. The highest BCUT2D eigenvalue weighted by molar-refractivity contribution is 4.88. The van der Waals surface area contributed by atoms with Crippen LogP contribution >= 0.6 is 0 Å². The van der Waals surface area contributed by atoms with Gasteiger partial charge in [-0.2, -0.15) is 0 Å². The van der Waals surface area contributed by atoms with Gasteiger partial charge in [0.1, 0.15) is 0 Å². The monoisotopic (exact) mass is 157 g/mol. The van der Waals surface area contributed by atoms with Crippen LogP contribution in [0.25, 0.3) is 0 Å². The van der Waals surface area contributed by atoms with Gasteiger partial charge in [0.15, 0.2) is 0 Å². The molecule has 1 heterocycles. The highest BCUT2D eigenvalue weighted by Gasteiger charge is 2.05.